The van der Waals surface area contributed by atoms with Crippen LogP contribution < -0.4 is 0 Å². The lowest BCUT2D eigenvalue weighted by molar-refractivity contribution is -0.184. The van der Waals surface area contributed by atoms with Crippen LogP contribution in [0.5, 0.6) is 0 Å². The van der Waals surface area contributed by atoms with Gasteiger partial charge in [-0.2, -0.15) is 0 Å². The Morgan fingerprint density at radius 3 is 2.00 bits per heavy atom. The molecule has 5 aliphatic rings. The Hall–Kier alpha value is -0.300. The monoisotopic (exact) mass is 426 g/mol. The second-order valence-electron chi connectivity index (χ2n) is 15.3. The molecule has 0 aromatic heterocycles. The van der Waals surface area contributed by atoms with Crippen molar-refractivity contribution in [2.75, 3.05) is 0 Å². The van der Waals surface area contributed by atoms with E-state index in [2.05, 4.69) is 61.5 Å². The normalized spacial score (nSPS) is 55.2. The van der Waals surface area contributed by atoms with Crippen molar-refractivity contribution in [1.29, 1.82) is 0 Å². The van der Waals surface area contributed by atoms with E-state index in [0.717, 1.165) is 18.3 Å². The summed E-state index contributed by atoms with van der Waals surface area (Å²) in [6.07, 6.45) is 15.8. The zero-order chi connectivity index (χ0) is 22.7. The minimum atomic E-state index is -0.122. The van der Waals surface area contributed by atoms with Crippen molar-refractivity contribution in [2.45, 2.75) is 126 Å². The molecular weight excluding hydrogens is 376 g/mol. The van der Waals surface area contributed by atoms with E-state index in [1.54, 1.807) is 0 Å². The molecule has 1 N–H and O–H groups in total. The van der Waals surface area contributed by atoms with Gasteiger partial charge in [-0.25, -0.2) is 0 Å². The molecule has 0 saturated heterocycles. The van der Waals surface area contributed by atoms with Crippen LogP contribution in [0.4, 0.5) is 0 Å². The van der Waals surface area contributed by atoms with Gasteiger partial charge in [-0.1, -0.05) is 67.0 Å². The molecule has 0 aromatic rings. The number of aliphatic hydroxyl groups is 1. The quantitative estimate of drug-likeness (QED) is 0.387. The van der Waals surface area contributed by atoms with Crippen molar-refractivity contribution in [1.82, 2.24) is 0 Å². The SMILES string of the molecule is CC1(C)CC[C@@]2(C)CC=C3[C@]4(C)CC[C@H]5C(C)(C)[C@@H](O)CC[C@]5(C)[C@H]4CC[C@@]3(C)[C@@H]2C1. The number of hydrogen-bond donors (Lipinski definition) is 1. The maximum absolute atomic E-state index is 10.9. The Kier molecular flexibility index (Phi) is 4.66. The number of rotatable bonds is 0. The molecule has 4 fully saturated rings. The maximum Gasteiger partial charge on any atom is 0.0594 e. The molecule has 1 heteroatoms. The largest absolute Gasteiger partial charge is 0.393 e. The molecule has 0 aromatic carbocycles. The fourth-order valence-electron chi connectivity index (χ4n) is 10.8. The third-order valence-corrected chi connectivity index (χ3v) is 12.7. The van der Waals surface area contributed by atoms with Crippen molar-refractivity contribution >= 4 is 0 Å². The van der Waals surface area contributed by atoms with Crippen molar-refractivity contribution in [2.24, 2.45) is 50.2 Å². The van der Waals surface area contributed by atoms with Gasteiger partial charge in [0.15, 0.2) is 0 Å². The van der Waals surface area contributed by atoms with E-state index in [4.69, 9.17) is 0 Å². The summed E-state index contributed by atoms with van der Waals surface area (Å²) in [5.74, 6) is 2.29. The van der Waals surface area contributed by atoms with E-state index in [1.807, 2.05) is 5.57 Å². The summed E-state index contributed by atoms with van der Waals surface area (Å²) in [6.45, 7) is 20.4. The third-order valence-electron chi connectivity index (χ3n) is 12.7. The van der Waals surface area contributed by atoms with E-state index in [0.29, 0.717) is 33.0 Å². The maximum atomic E-state index is 10.9. The molecule has 0 heterocycles. The van der Waals surface area contributed by atoms with Crippen LogP contribution in [0.3, 0.4) is 0 Å². The molecule has 0 amide bonds. The topological polar surface area (TPSA) is 20.2 Å². The molecule has 8 atom stereocenters. The van der Waals surface area contributed by atoms with Crippen LogP contribution in [0.25, 0.3) is 0 Å². The van der Waals surface area contributed by atoms with Gasteiger partial charge in [0.05, 0.1) is 6.10 Å². The predicted molar refractivity (Wildman–Crippen MR) is 131 cm³/mol. The van der Waals surface area contributed by atoms with E-state index in [1.165, 1.54) is 57.8 Å². The van der Waals surface area contributed by atoms with Gasteiger partial charge < -0.3 is 5.11 Å². The first-order valence-corrected chi connectivity index (χ1v) is 13.6. The van der Waals surface area contributed by atoms with Gasteiger partial charge >= 0.3 is 0 Å². The molecule has 31 heavy (non-hydrogen) atoms. The van der Waals surface area contributed by atoms with Crippen LogP contribution in [0.2, 0.25) is 0 Å². The summed E-state index contributed by atoms with van der Waals surface area (Å²) in [7, 11) is 0. The van der Waals surface area contributed by atoms with Crippen molar-refractivity contribution in [3.63, 3.8) is 0 Å². The summed E-state index contributed by atoms with van der Waals surface area (Å²) in [6, 6.07) is 0. The Balaban J connectivity index is 1.56. The summed E-state index contributed by atoms with van der Waals surface area (Å²) >= 11 is 0. The lowest BCUT2D eigenvalue weighted by Gasteiger charge is -2.70. The highest BCUT2D eigenvalue weighted by atomic mass is 16.3. The minimum Gasteiger partial charge on any atom is -0.393 e. The fourth-order valence-corrected chi connectivity index (χ4v) is 10.8. The van der Waals surface area contributed by atoms with Gasteiger partial charge in [0.25, 0.3) is 0 Å². The minimum absolute atomic E-state index is 0.0575. The van der Waals surface area contributed by atoms with Crippen molar-refractivity contribution < 1.29 is 5.11 Å². The average molecular weight is 427 g/mol. The first-order valence-electron chi connectivity index (χ1n) is 13.6. The smallest absolute Gasteiger partial charge is 0.0594 e. The molecular formula is C30H50O. The first-order chi connectivity index (χ1) is 14.2. The van der Waals surface area contributed by atoms with E-state index < -0.39 is 0 Å². The van der Waals surface area contributed by atoms with E-state index >= 15 is 0 Å². The van der Waals surface area contributed by atoms with E-state index in [9.17, 15) is 5.11 Å². The molecule has 176 valence electrons. The molecule has 1 nitrogen and oxygen atoms in total. The van der Waals surface area contributed by atoms with Crippen LogP contribution in [0.15, 0.2) is 11.6 Å². The van der Waals surface area contributed by atoms with Gasteiger partial charge in [-0.15, -0.1) is 0 Å². The van der Waals surface area contributed by atoms with Gasteiger partial charge in [0.2, 0.25) is 0 Å². The van der Waals surface area contributed by atoms with Gasteiger partial charge in [0, 0.05) is 0 Å². The van der Waals surface area contributed by atoms with E-state index in [-0.39, 0.29) is 11.5 Å². The van der Waals surface area contributed by atoms with Crippen LogP contribution >= 0.6 is 0 Å². The number of allylic oxidation sites excluding steroid dienone is 2. The predicted octanol–water partition coefficient (Wildman–Crippen LogP) is 8.17. The molecule has 0 bridgehead atoms. The highest BCUT2D eigenvalue weighted by Gasteiger charge is 2.66. The molecule has 0 radical (unpaired) electrons. The number of aliphatic hydroxyl groups excluding tert-OH is 1. The summed E-state index contributed by atoms with van der Waals surface area (Å²) < 4.78 is 0. The zero-order valence-corrected chi connectivity index (χ0v) is 21.9. The second-order valence-corrected chi connectivity index (χ2v) is 15.3. The number of hydrogen-bond acceptors (Lipinski definition) is 1. The molecule has 0 unspecified atom stereocenters. The Bertz CT molecular complexity index is 790. The molecule has 0 aliphatic heterocycles. The molecule has 4 saturated carbocycles. The van der Waals surface area contributed by atoms with Crippen molar-refractivity contribution in [3.8, 4) is 0 Å². The molecule has 5 aliphatic carbocycles. The third kappa shape index (κ3) is 2.83. The Morgan fingerprint density at radius 2 is 1.32 bits per heavy atom. The lowest BCUT2D eigenvalue weighted by Crippen LogP contribution is -2.63. The standard InChI is InChI=1S/C30H50O/c1-25(2)17-18-27(5)13-9-21-29(7)14-10-20-26(3,4)24(31)12-16-28(20,6)22(29)11-15-30(21,8)23(27)19-25/h9,20,22-24,31H,10-19H2,1-8H3/t20-,22+,23+,24-,27+,28-,29-,30+/m0/s1. The summed E-state index contributed by atoms with van der Waals surface area (Å²) in [5.41, 5.74) is 4.07. The summed E-state index contributed by atoms with van der Waals surface area (Å²) in [5, 5.41) is 10.9. The highest BCUT2D eigenvalue weighted by Crippen LogP contribution is 2.74. The van der Waals surface area contributed by atoms with Crippen LogP contribution in [-0.4, -0.2) is 11.2 Å². The van der Waals surface area contributed by atoms with Crippen molar-refractivity contribution in [3.05, 3.63) is 11.6 Å². The Labute approximate surface area is 192 Å². The lowest BCUT2D eigenvalue weighted by atomic mass is 9.35. The second kappa shape index (κ2) is 6.43. The Morgan fingerprint density at radius 1 is 0.710 bits per heavy atom. The first kappa shape index (κ1) is 22.5. The molecule has 0 spiro atoms. The van der Waals surface area contributed by atoms with Gasteiger partial charge in [0.1, 0.15) is 0 Å². The zero-order valence-electron chi connectivity index (χ0n) is 21.9. The van der Waals surface area contributed by atoms with Crippen LogP contribution in [-0.2, 0) is 0 Å². The average Bonchev–Trinajstić information content (AvgIpc) is 2.66. The van der Waals surface area contributed by atoms with Gasteiger partial charge in [-0.05, 0) is 114 Å². The number of fused-ring (bicyclic) bond motifs is 7. The molecule has 5 rings (SSSR count). The van der Waals surface area contributed by atoms with Crippen LogP contribution in [0.1, 0.15) is 120 Å². The van der Waals surface area contributed by atoms with Gasteiger partial charge in [-0.3, -0.25) is 0 Å². The fraction of sp³-hybridized carbons (Fsp3) is 0.933. The highest BCUT2D eigenvalue weighted by molar-refractivity contribution is 5.34. The summed E-state index contributed by atoms with van der Waals surface area (Å²) in [4.78, 5) is 0. The van der Waals surface area contributed by atoms with Crippen LogP contribution in [0, 0.1) is 50.2 Å².